The molecule has 0 saturated heterocycles. The molecule has 2 N–H and O–H groups in total. The van der Waals surface area contributed by atoms with Crippen LogP contribution in [0.5, 0.6) is 0 Å². The lowest BCUT2D eigenvalue weighted by molar-refractivity contribution is 0.0932. The third-order valence-electron chi connectivity index (χ3n) is 6.25. The number of fused-ring (bicyclic) bond motifs is 1. The number of carbonyl (C=O) groups excluding carboxylic acids is 1. The van der Waals surface area contributed by atoms with Crippen LogP contribution in [0.25, 0.3) is 10.9 Å². The van der Waals surface area contributed by atoms with Crippen molar-refractivity contribution in [2.24, 2.45) is 0 Å². The molecule has 1 aromatic heterocycles. The molecule has 1 aliphatic carbocycles. The second kappa shape index (κ2) is 11.1. The number of pyridine rings is 1. The molecular formula is C24H35N3O4S. The smallest absolute Gasteiger partial charge is 0.252 e. The Balaban J connectivity index is 1.96. The van der Waals surface area contributed by atoms with E-state index in [9.17, 15) is 18.0 Å². The number of benzene rings is 1. The lowest BCUT2D eigenvalue weighted by Crippen LogP contribution is -2.36. The molecule has 1 aliphatic rings. The van der Waals surface area contributed by atoms with Crippen molar-refractivity contribution >= 4 is 26.8 Å². The van der Waals surface area contributed by atoms with Gasteiger partial charge in [-0.15, -0.1) is 0 Å². The molecule has 2 aromatic rings. The maximum absolute atomic E-state index is 13.2. The highest BCUT2D eigenvalue weighted by atomic mass is 32.2. The standard InChI is InChI=1S/C24H35N3O4S/c1-3-5-15-27(4-2)32(30,31)19-13-14-22-20(16-19)21(17-23(28)26-22)24(29)25-18-11-9-7-6-8-10-12-18/h13-14,16-18H,3-12,15H2,1-2H3,(H,25,29)(H,26,28). The van der Waals surface area contributed by atoms with E-state index in [0.717, 1.165) is 38.5 Å². The van der Waals surface area contributed by atoms with Crippen LogP contribution in [-0.2, 0) is 10.0 Å². The molecule has 1 aromatic carbocycles. The van der Waals surface area contributed by atoms with E-state index in [2.05, 4.69) is 10.3 Å². The molecule has 32 heavy (non-hydrogen) atoms. The first-order valence-electron chi connectivity index (χ1n) is 11.8. The summed E-state index contributed by atoms with van der Waals surface area (Å²) in [6.45, 7) is 4.67. The van der Waals surface area contributed by atoms with Crippen LogP contribution in [0.2, 0.25) is 0 Å². The van der Waals surface area contributed by atoms with E-state index in [0.29, 0.717) is 24.0 Å². The second-order valence-corrected chi connectivity index (χ2v) is 10.6. The molecule has 7 nitrogen and oxygen atoms in total. The van der Waals surface area contributed by atoms with Crippen LogP contribution in [0.4, 0.5) is 0 Å². The van der Waals surface area contributed by atoms with Crippen LogP contribution in [0.15, 0.2) is 34.0 Å². The first-order valence-corrected chi connectivity index (χ1v) is 13.3. The van der Waals surface area contributed by atoms with Crippen LogP contribution in [-0.4, -0.2) is 42.7 Å². The normalized spacial score (nSPS) is 16.1. The van der Waals surface area contributed by atoms with Crippen molar-refractivity contribution in [2.75, 3.05) is 13.1 Å². The van der Waals surface area contributed by atoms with Crippen molar-refractivity contribution in [3.63, 3.8) is 0 Å². The minimum absolute atomic E-state index is 0.0775. The Morgan fingerprint density at radius 2 is 1.78 bits per heavy atom. The minimum Gasteiger partial charge on any atom is -0.349 e. The van der Waals surface area contributed by atoms with Gasteiger partial charge >= 0.3 is 0 Å². The van der Waals surface area contributed by atoms with Crippen LogP contribution in [0, 0.1) is 0 Å². The molecule has 0 aliphatic heterocycles. The quantitative estimate of drug-likeness (QED) is 0.616. The maximum Gasteiger partial charge on any atom is 0.252 e. The number of aromatic nitrogens is 1. The number of sulfonamides is 1. The van der Waals surface area contributed by atoms with Gasteiger partial charge in [-0.25, -0.2) is 8.42 Å². The molecule has 0 unspecified atom stereocenters. The maximum atomic E-state index is 13.2. The van der Waals surface area contributed by atoms with Crippen LogP contribution in [0.1, 0.15) is 82.0 Å². The van der Waals surface area contributed by atoms with Crippen molar-refractivity contribution in [3.8, 4) is 0 Å². The number of amides is 1. The van der Waals surface area contributed by atoms with Crippen LogP contribution in [0.3, 0.4) is 0 Å². The second-order valence-electron chi connectivity index (χ2n) is 8.62. The molecule has 0 bridgehead atoms. The molecule has 8 heteroatoms. The van der Waals surface area contributed by atoms with E-state index in [1.54, 1.807) is 6.07 Å². The summed E-state index contributed by atoms with van der Waals surface area (Å²) in [7, 11) is -3.69. The Morgan fingerprint density at radius 1 is 1.09 bits per heavy atom. The average molecular weight is 462 g/mol. The summed E-state index contributed by atoms with van der Waals surface area (Å²) < 4.78 is 27.9. The fourth-order valence-corrected chi connectivity index (χ4v) is 5.89. The average Bonchev–Trinajstić information content (AvgIpc) is 2.74. The van der Waals surface area contributed by atoms with E-state index < -0.39 is 10.0 Å². The number of nitrogens with zero attached hydrogens (tertiary/aromatic N) is 1. The zero-order chi connectivity index (χ0) is 23.1. The number of aromatic amines is 1. The summed E-state index contributed by atoms with van der Waals surface area (Å²) in [6, 6.07) is 5.94. The van der Waals surface area contributed by atoms with Gasteiger partial charge < -0.3 is 10.3 Å². The monoisotopic (exact) mass is 461 g/mol. The zero-order valence-electron chi connectivity index (χ0n) is 19.2. The highest BCUT2D eigenvalue weighted by Gasteiger charge is 2.24. The Hall–Kier alpha value is -2.19. The van der Waals surface area contributed by atoms with Gasteiger partial charge in [0.1, 0.15) is 0 Å². The van der Waals surface area contributed by atoms with Crippen LogP contribution >= 0.6 is 0 Å². The number of H-pyrrole nitrogens is 1. The molecule has 1 amide bonds. The van der Waals surface area contributed by atoms with Gasteiger partial charge in [0.25, 0.3) is 5.91 Å². The Bertz CT molecular complexity index is 1090. The lowest BCUT2D eigenvalue weighted by Gasteiger charge is -2.22. The van der Waals surface area contributed by atoms with Gasteiger partial charge in [0, 0.05) is 36.1 Å². The lowest BCUT2D eigenvalue weighted by atomic mass is 9.96. The summed E-state index contributed by atoms with van der Waals surface area (Å²) in [4.78, 5) is 28.2. The summed E-state index contributed by atoms with van der Waals surface area (Å²) in [6.07, 6.45) is 9.27. The highest BCUT2D eigenvalue weighted by Crippen LogP contribution is 2.24. The van der Waals surface area contributed by atoms with Gasteiger partial charge in [0.15, 0.2) is 0 Å². The molecule has 1 saturated carbocycles. The van der Waals surface area contributed by atoms with Crippen molar-refractivity contribution in [3.05, 3.63) is 40.2 Å². The number of unbranched alkanes of at least 4 members (excludes halogenated alkanes) is 1. The summed E-state index contributed by atoms with van der Waals surface area (Å²) in [5, 5.41) is 3.54. The highest BCUT2D eigenvalue weighted by molar-refractivity contribution is 7.89. The molecule has 0 radical (unpaired) electrons. The van der Waals surface area contributed by atoms with Crippen LogP contribution < -0.4 is 10.9 Å². The minimum atomic E-state index is -3.69. The van der Waals surface area contributed by atoms with Gasteiger partial charge in [-0.05, 0) is 37.5 Å². The molecular weight excluding hydrogens is 426 g/mol. The van der Waals surface area contributed by atoms with Crippen molar-refractivity contribution < 1.29 is 13.2 Å². The summed E-state index contributed by atoms with van der Waals surface area (Å²) in [5.41, 5.74) is 0.296. The predicted molar refractivity (Wildman–Crippen MR) is 127 cm³/mol. The number of nitrogens with one attached hydrogen (secondary N) is 2. The Morgan fingerprint density at radius 3 is 2.44 bits per heavy atom. The molecule has 176 valence electrons. The van der Waals surface area contributed by atoms with E-state index in [1.165, 1.54) is 41.8 Å². The molecule has 0 spiro atoms. The molecule has 1 heterocycles. The molecule has 0 atom stereocenters. The van der Waals surface area contributed by atoms with Gasteiger partial charge in [-0.1, -0.05) is 52.4 Å². The van der Waals surface area contributed by atoms with Crippen molar-refractivity contribution in [1.82, 2.24) is 14.6 Å². The number of carbonyl (C=O) groups is 1. The summed E-state index contributed by atoms with van der Waals surface area (Å²) in [5.74, 6) is -0.320. The van der Waals surface area contributed by atoms with E-state index in [4.69, 9.17) is 0 Å². The third-order valence-corrected chi connectivity index (χ3v) is 8.22. The van der Waals surface area contributed by atoms with Crippen molar-refractivity contribution in [1.29, 1.82) is 0 Å². The summed E-state index contributed by atoms with van der Waals surface area (Å²) >= 11 is 0. The molecule has 1 fully saturated rings. The predicted octanol–water partition coefficient (Wildman–Crippen LogP) is 4.18. The first kappa shape index (κ1) is 24.5. The fraction of sp³-hybridized carbons (Fsp3) is 0.583. The first-order chi connectivity index (χ1) is 15.4. The number of hydrogen-bond acceptors (Lipinski definition) is 4. The van der Waals surface area contributed by atoms with Gasteiger partial charge in [0.2, 0.25) is 15.6 Å². The van der Waals surface area contributed by atoms with E-state index in [1.807, 2.05) is 13.8 Å². The number of rotatable bonds is 8. The van der Waals surface area contributed by atoms with Gasteiger partial charge in [-0.2, -0.15) is 4.31 Å². The van der Waals surface area contributed by atoms with E-state index in [-0.39, 0.29) is 28.0 Å². The van der Waals surface area contributed by atoms with Gasteiger partial charge in [0.05, 0.1) is 10.5 Å². The topological polar surface area (TPSA) is 99.3 Å². The fourth-order valence-electron chi connectivity index (χ4n) is 4.38. The Labute approximate surface area is 190 Å². The zero-order valence-corrected chi connectivity index (χ0v) is 20.0. The van der Waals surface area contributed by atoms with Crippen molar-refractivity contribution in [2.45, 2.75) is 82.6 Å². The SMILES string of the molecule is CCCCN(CC)S(=O)(=O)c1ccc2[nH]c(=O)cc(C(=O)NC3CCCCCCC3)c2c1. The molecule has 3 rings (SSSR count). The Kier molecular flexibility index (Phi) is 8.48. The largest absolute Gasteiger partial charge is 0.349 e. The third kappa shape index (κ3) is 5.78. The van der Waals surface area contributed by atoms with E-state index >= 15 is 0 Å². The number of hydrogen-bond donors (Lipinski definition) is 2. The van der Waals surface area contributed by atoms with Gasteiger partial charge in [-0.3, -0.25) is 9.59 Å².